The van der Waals surface area contributed by atoms with Gasteiger partial charge in [0.1, 0.15) is 5.03 Å². The summed E-state index contributed by atoms with van der Waals surface area (Å²) in [5.74, 6) is 0.546. The number of aromatic nitrogens is 1. The second-order valence-corrected chi connectivity index (χ2v) is 7.54. The van der Waals surface area contributed by atoms with Crippen LogP contribution in [0.4, 0.5) is 5.69 Å². The van der Waals surface area contributed by atoms with Gasteiger partial charge in [0.05, 0.1) is 10.9 Å². The number of hydrogen-bond acceptors (Lipinski definition) is 4. The van der Waals surface area contributed by atoms with Gasteiger partial charge in [-0.15, -0.1) is 0 Å². The number of carbonyl (C=O) groups excluding carboxylic acids is 2. The summed E-state index contributed by atoms with van der Waals surface area (Å²) in [5, 5.41) is 3.45. The number of rotatable bonds is 4. The Morgan fingerprint density at radius 3 is 2.96 bits per heavy atom. The Kier molecular flexibility index (Phi) is 5.20. The van der Waals surface area contributed by atoms with Gasteiger partial charge in [-0.25, -0.2) is 4.98 Å². The third-order valence-electron chi connectivity index (χ3n) is 4.66. The van der Waals surface area contributed by atoms with Crippen molar-refractivity contribution in [1.82, 2.24) is 10.3 Å². The highest BCUT2D eigenvalue weighted by Crippen LogP contribution is 2.37. The van der Waals surface area contributed by atoms with Gasteiger partial charge in [0.25, 0.3) is 0 Å². The number of anilines is 1. The van der Waals surface area contributed by atoms with Crippen molar-refractivity contribution in [2.75, 3.05) is 18.5 Å². The molecule has 23 heavy (non-hydrogen) atoms. The fraction of sp³-hybridized carbons (Fsp3) is 0.588. The highest BCUT2D eigenvalue weighted by Gasteiger charge is 2.33. The summed E-state index contributed by atoms with van der Waals surface area (Å²) in [5.41, 5.74) is 0.821. The van der Waals surface area contributed by atoms with Gasteiger partial charge in [0, 0.05) is 26.2 Å². The summed E-state index contributed by atoms with van der Waals surface area (Å²) in [6.45, 7) is 0.745. The van der Waals surface area contributed by atoms with Gasteiger partial charge >= 0.3 is 0 Å². The highest BCUT2D eigenvalue weighted by atomic mass is 32.2. The van der Waals surface area contributed by atoms with E-state index in [4.69, 9.17) is 0 Å². The first-order chi connectivity index (χ1) is 11.1. The predicted molar refractivity (Wildman–Crippen MR) is 91.5 cm³/mol. The van der Waals surface area contributed by atoms with Crippen LogP contribution in [0.2, 0.25) is 0 Å². The molecule has 0 spiro atoms. The van der Waals surface area contributed by atoms with Crippen molar-refractivity contribution in [2.45, 2.75) is 48.8 Å². The quantitative estimate of drug-likeness (QED) is 0.920. The van der Waals surface area contributed by atoms with Crippen molar-refractivity contribution in [1.29, 1.82) is 0 Å². The number of nitrogens with zero attached hydrogens (tertiary/aromatic N) is 2. The largest absolute Gasteiger partial charge is 0.356 e. The Balaban J connectivity index is 1.55. The Hall–Kier alpha value is -1.56. The van der Waals surface area contributed by atoms with Gasteiger partial charge in [0.2, 0.25) is 11.8 Å². The average Bonchev–Trinajstić information content (AvgIpc) is 2.58. The van der Waals surface area contributed by atoms with E-state index in [0.29, 0.717) is 5.92 Å². The molecular weight excluding hydrogens is 310 g/mol. The summed E-state index contributed by atoms with van der Waals surface area (Å²) in [4.78, 5) is 30.6. The maximum absolute atomic E-state index is 12.4. The van der Waals surface area contributed by atoms with Crippen LogP contribution in [0.25, 0.3) is 0 Å². The molecule has 1 fully saturated rings. The number of pyridine rings is 1. The minimum Gasteiger partial charge on any atom is -0.356 e. The van der Waals surface area contributed by atoms with E-state index in [2.05, 4.69) is 10.3 Å². The third kappa shape index (κ3) is 3.86. The van der Waals surface area contributed by atoms with E-state index in [0.717, 1.165) is 17.3 Å². The predicted octanol–water partition coefficient (Wildman–Crippen LogP) is 2.61. The van der Waals surface area contributed by atoms with E-state index in [-0.39, 0.29) is 23.5 Å². The molecule has 2 heterocycles. The maximum Gasteiger partial charge on any atom is 0.240 e. The van der Waals surface area contributed by atoms with E-state index in [1.807, 2.05) is 12.1 Å². The first kappa shape index (κ1) is 16.3. The lowest BCUT2D eigenvalue weighted by atomic mass is 9.89. The number of amides is 2. The van der Waals surface area contributed by atoms with Gasteiger partial charge < -0.3 is 10.2 Å². The van der Waals surface area contributed by atoms with E-state index < -0.39 is 0 Å². The van der Waals surface area contributed by atoms with Crippen LogP contribution in [0.3, 0.4) is 0 Å². The first-order valence-corrected chi connectivity index (χ1v) is 9.19. The van der Waals surface area contributed by atoms with Crippen molar-refractivity contribution in [3.63, 3.8) is 0 Å². The molecule has 124 valence electrons. The summed E-state index contributed by atoms with van der Waals surface area (Å²) in [6, 6.07) is 3.70. The fourth-order valence-electron chi connectivity index (χ4n) is 3.27. The average molecular weight is 333 g/mol. The van der Waals surface area contributed by atoms with Gasteiger partial charge in [-0.3, -0.25) is 9.59 Å². The Labute approximate surface area is 141 Å². The molecule has 0 bridgehead atoms. The molecule has 0 saturated heterocycles. The van der Waals surface area contributed by atoms with Crippen LogP contribution >= 0.6 is 11.8 Å². The molecule has 1 aliphatic heterocycles. The molecule has 1 aromatic heterocycles. The van der Waals surface area contributed by atoms with Crippen LogP contribution in [0, 0.1) is 5.92 Å². The molecule has 1 saturated carbocycles. The molecule has 0 radical (unpaired) electrons. The molecule has 3 rings (SSSR count). The smallest absolute Gasteiger partial charge is 0.240 e. The Morgan fingerprint density at radius 2 is 2.17 bits per heavy atom. The van der Waals surface area contributed by atoms with Crippen LogP contribution in [0.1, 0.15) is 38.5 Å². The first-order valence-electron chi connectivity index (χ1n) is 8.31. The summed E-state index contributed by atoms with van der Waals surface area (Å²) >= 11 is 1.40. The molecule has 5 nitrogen and oxygen atoms in total. The minimum atomic E-state index is -0.381. The molecule has 1 aliphatic carbocycles. The minimum absolute atomic E-state index is 0.0247. The molecule has 1 aromatic rings. The lowest BCUT2D eigenvalue weighted by Gasteiger charge is -2.30. The molecule has 1 N–H and O–H groups in total. The van der Waals surface area contributed by atoms with E-state index >= 15 is 0 Å². The fourth-order valence-corrected chi connectivity index (χ4v) is 4.48. The zero-order valence-corrected chi connectivity index (χ0v) is 14.3. The number of nitrogens with one attached hydrogen (secondary N) is 1. The number of carbonyl (C=O) groups is 2. The lowest BCUT2D eigenvalue weighted by molar-refractivity contribution is -0.124. The topological polar surface area (TPSA) is 62.3 Å². The summed E-state index contributed by atoms with van der Waals surface area (Å²) in [6.07, 6.45) is 8.20. The number of hydrogen-bond donors (Lipinski definition) is 1. The number of thioether (sulfide) groups is 1. The zero-order chi connectivity index (χ0) is 16.2. The zero-order valence-electron chi connectivity index (χ0n) is 13.5. The monoisotopic (exact) mass is 333 g/mol. The third-order valence-corrected chi connectivity index (χ3v) is 5.85. The van der Waals surface area contributed by atoms with Crippen molar-refractivity contribution in [2.24, 2.45) is 5.92 Å². The normalized spacial score (nSPS) is 21.9. The molecule has 6 heteroatoms. The van der Waals surface area contributed by atoms with Crippen LogP contribution in [-0.2, 0) is 9.59 Å². The Morgan fingerprint density at radius 1 is 1.39 bits per heavy atom. The van der Waals surface area contributed by atoms with Gasteiger partial charge in [-0.2, -0.15) is 0 Å². The van der Waals surface area contributed by atoms with E-state index in [1.165, 1.54) is 43.9 Å². The van der Waals surface area contributed by atoms with Gasteiger partial charge in [0.15, 0.2) is 0 Å². The molecule has 1 unspecified atom stereocenters. The highest BCUT2D eigenvalue weighted by molar-refractivity contribution is 8.00. The lowest BCUT2D eigenvalue weighted by Crippen LogP contribution is -2.41. The van der Waals surface area contributed by atoms with Crippen molar-refractivity contribution in [3.8, 4) is 0 Å². The number of fused-ring (bicyclic) bond motifs is 1. The van der Waals surface area contributed by atoms with Gasteiger partial charge in [-0.05, 0) is 30.9 Å². The molecule has 1 atom stereocenters. The van der Waals surface area contributed by atoms with Crippen LogP contribution in [-0.4, -0.2) is 35.6 Å². The van der Waals surface area contributed by atoms with Gasteiger partial charge in [-0.1, -0.05) is 31.0 Å². The second-order valence-electron chi connectivity index (χ2n) is 6.34. The summed E-state index contributed by atoms with van der Waals surface area (Å²) in [7, 11) is 1.75. The van der Waals surface area contributed by atoms with Crippen LogP contribution in [0.15, 0.2) is 23.4 Å². The molecule has 0 aromatic carbocycles. The molecular formula is C17H23N3O2S. The standard InChI is InChI=1S/C17H23N3O2S/c1-20-13-8-5-9-18-16(13)23-14(17(20)22)10-15(21)19-11-12-6-3-2-4-7-12/h5,8-9,12,14H,2-4,6-7,10-11H2,1H3,(H,19,21). The molecule has 2 amide bonds. The Bertz CT molecular complexity index is 587. The summed E-state index contributed by atoms with van der Waals surface area (Å²) < 4.78 is 0. The van der Waals surface area contributed by atoms with E-state index in [9.17, 15) is 9.59 Å². The van der Waals surface area contributed by atoms with Crippen molar-refractivity contribution in [3.05, 3.63) is 18.3 Å². The van der Waals surface area contributed by atoms with E-state index in [1.54, 1.807) is 18.1 Å². The van der Waals surface area contributed by atoms with Crippen LogP contribution < -0.4 is 10.2 Å². The van der Waals surface area contributed by atoms with Crippen LogP contribution in [0.5, 0.6) is 0 Å². The SMILES string of the molecule is CN1C(=O)C(CC(=O)NCC2CCCCC2)Sc2ncccc21. The second kappa shape index (κ2) is 7.34. The van der Waals surface area contributed by atoms with Crippen molar-refractivity contribution < 1.29 is 9.59 Å². The molecule has 2 aliphatic rings. The van der Waals surface area contributed by atoms with Crippen molar-refractivity contribution >= 4 is 29.3 Å². The maximum atomic E-state index is 12.4.